The molecule has 0 heterocycles. The summed E-state index contributed by atoms with van der Waals surface area (Å²) in [6.45, 7) is 6.00. The van der Waals surface area contributed by atoms with Crippen molar-refractivity contribution in [1.82, 2.24) is 10.6 Å². The molecule has 8 unspecified atom stereocenters. The smallest absolute Gasteiger partial charge is 0.220 e. The van der Waals surface area contributed by atoms with Gasteiger partial charge in [0, 0.05) is 19.0 Å². The van der Waals surface area contributed by atoms with Crippen molar-refractivity contribution in [2.45, 2.75) is 230 Å². The number of unbranched alkanes of at least 4 members (excludes halogenated alkanes) is 22. The summed E-state index contributed by atoms with van der Waals surface area (Å²) in [5.41, 5.74) is 0. The second-order valence-corrected chi connectivity index (χ2v) is 14.9. The number of nitrogens with one attached hydrogen (secondary N) is 2. The fraction of sp³-hybridized carbons (Fsp3) is 0.974. The maximum atomic E-state index is 12.7. The molecule has 0 aliphatic heterocycles. The second-order valence-electron chi connectivity index (χ2n) is 14.9. The predicted octanol–water partition coefficient (Wildman–Crippen LogP) is 7.07. The summed E-state index contributed by atoms with van der Waals surface area (Å²) in [5, 5.41) is 57.5. The van der Waals surface area contributed by atoms with Crippen molar-refractivity contribution in [1.29, 1.82) is 0 Å². The SMILES string of the molecule is CCCCCCCCCCCCCCCCCCCCCCCCCC(=O)NC(CNC1CC(C)C(O)C(O)C1O)C(O)C(O)CC. The minimum atomic E-state index is -1.26. The Morgan fingerprint density at radius 3 is 1.43 bits per heavy atom. The zero-order valence-corrected chi connectivity index (χ0v) is 30.9. The van der Waals surface area contributed by atoms with E-state index in [1.165, 1.54) is 128 Å². The molecule has 1 amide bonds. The first-order chi connectivity index (χ1) is 22.7. The molecule has 8 atom stereocenters. The molecule has 47 heavy (non-hydrogen) atoms. The average molecular weight is 671 g/mol. The Morgan fingerprint density at radius 1 is 0.617 bits per heavy atom. The van der Waals surface area contributed by atoms with E-state index in [1.54, 1.807) is 6.92 Å². The van der Waals surface area contributed by atoms with Gasteiger partial charge in [0.15, 0.2) is 0 Å². The van der Waals surface area contributed by atoms with Crippen LogP contribution in [0.1, 0.15) is 188 Å². The highest BCUT2D eigenvalue weighted by atomic mass is 16.4. The van der Waals surface area contributed by atoms with Crippen LogP contribution in [0.2, 0.25) is 0 Å². The molecule has 280 valence electrons. The summed E-state index contributed by atoms with van der Waals surface area (Å²) in [7, 11) is 0. The molecule has 1 fully saturated rings. The van der Waals surface area contributed by atoms with Crippen LogP contribution >= 0.6 is 0 Å². The fourth-order valence-corrected chi connectivity index (χ4v) is 7.06. The molecule has 8 heteroatoms. The van der Waals surface area contributed by atoms with Crippen molar-refractivity contribution >= 4 is 5.91 Å². The highest BCUT2D eigenvalue weighted by Gasteiger charge is 2.41. The predicted molar refractivity (Wildman–Crippen MR) is 194 cm³/mol. The topological polar surface area (TPSA) is 142 Å². The van der Waals surface area contributed by atoms with Crippen LogP contribution in [0, 0.1) is 5.92 Å². The van der Waals surface area contributed by atoms with Crippen LogP contribution in [-0.4, -0.2) is 80.6 Å². The highest BCUT2D eigenvalue weighted by Crippen LogP contribution is 2.25. The molecule has 0 bridgehead atoms. The quantitative estimate of drug-likeness (QED) is 0.0391. The second kappa shape index (κ2) is 29.0. The number of carbonyl (C=O) groups is 1. The molecule has 1 saturated carbocycles. The van der Waals surface area contributed by atoms with Crippen LogP contribution in [0.15, 0.2) is 0 Å². The Hall–Kier alpha value is -0.770. The zero-order valence-electron chi connectivity index (χ0n) is 30.9. The standard InChI is InChI=1S/C39H78N2O6/c1-4-6-7-8-9-10-11-12-13-14-15-16-17-18-19-20-21-22-23-24-25-26-27-28-35(43)41-33(37(45)34(42)5-2)30-40-32-29-31(3)36(44)39(47)38(32)46/h31-34,36-40,42,44-47H,4-30H2,1-3H3,(H,41,43). The first-order valence-corrected chi connectivity index (χ1v) is 20.2. The van der Waals surface area contributed by atoms with Crippen molar-refractivity contribution in [3.8, 4) is 0 Å². The number of hydrogen-bond donors (Lipinski definition) is 7. The van der Waals surface area contributed by atoms with Gasteiger partial charge in [0.05, 0.1) is 24.4 Å². The summed E-state index contributed by atoms with van der Waals surface area (Å²) in [6.07, 6.45) is 26.2. The number of hydrogen-bond acceptors (Lipinski definition) is 7. The van der Waals surface area contributed by atoms with E-state index in [-0.39, 0.29) is 18.4 Å². The molecule has 0 saturated heterocycles. The first kappa shape index (κ1) is 44.3. The number of aliphatic hydroxyl groups excluding tert-OH is 5. The molecule has 0 radical (unpaired) electrons. The monoisotopic (exact) mass is 671 g/mol. The van der Waals surface area contributed by atoms with Gasteiger partial charge in [-0.25, -0.2) is 0 Å². The van der Waals surface area contributed by atoms with Crippen molar-refractivity contribution in [3.05, 3.63) is 0 Å². The van der Waals surface area contributed by atoms with Crippen molar-refractivity contribution in [3.63, 3.8) is 0 Å². The summed E-state index contributed by atoms with van der Waals surface area (Å²) in [5.74, 6) is -0.362. The normalized spacial score (nSPS) is 23.4. The summed E-state index contributed by atoms with van der Waals surface area (Å²) in [4.78, 5) is 12.7. The molecule has 0 aromatic carbocycles. The van der Waals surface area contributed by atoms with Crippen LogP contribution in [0.5, 0.6) is 0 Å². The maximum Gasteiger partial charge on any atom is 0.220 e. The number of aliphatic hydroxyl groups is 5. The Kier molecular flexibility index (Phi) is 27.3. The van der Waals surface area contributed by atoms with E-state index in [2.05, 4.69) is 17.6 Å². The van der Waals surface area contributed by atoms with E-state index < -0.39 is 42.6 Å². The third kappa shape index (κ3) is 21.1. The summed E-state index contributed by atoms with van der Waals surface area (Å²) in [6, 6.07) is -1.22. The Morgan fingerprint density at radius 2 is 1.02 bits per heavy atom. The largest absolute Gasteiger partial charge is 0.390 e. The van der Waals surface area contributed by atoms with Crippen LogP contribution in [0.4, 0.5) is 0 Å². The van der Waals surface area contributed by atoms with E-state index in [0.717, 1.165) is 19.3 Å². The van der Waals surface area contributed by atoms with Gasteiger partial charge >= 0.3 is 0 Å². The fourth-order valence-electron chi connectivity index (χ4n) is 7.06. The van der Waals surface area contributed by atoms with Gasteiger partial charge in [-0.05, 0) is 25.2 Å². The lowest BCUT2D eigenvalue weighted by molar-refractivity contribution is -0.125. The zero-order chi connectivity index (χ0) is 34.7. The third-order valence-corrected chi connectivity index (χ3v) is 10.5. The number of amides is 1. The summed E-state index contributed by atoms with van der Waals surface area (Å²) >= 11 is 0. The highest BCUT2D eigenvalue weighted by molar-refractivity contribution is 5.76. The van der Waals surface area contributed by atoms with E-state index in [1.807, 2.05) is 6.92 Å². The van der Waals surface area contributed by atoms with Crippen LogP contribution in [-0.2, 0) is 4.79 Å². The lowest BCUT2D eigenvalue weighted by Gasteiger charge is -2.40. The van der Waals surface area contributed by atoms with Crippen molar-refractivity contribution in [2.24, 2.45) is 5.92 Å². The third-order valence-electron chi connectivity index (χ3n) is 10.5. The maximum absolute atomic E-state index is 12.7. The molecule has 0 aromatic rings. The Balaban J connectivity index is 2.03. The van der Waals surface area contributed by atoms with Gasteiger partial charge in [0.1, 0.15) is 12.2 Å². The molecule has 1 aliphatic carbocycles. The summed E-state index contributed by atoms with van der Waals surface area (Å²) < 4.78 is 0. The first-order valence-electron chi connectivity index (χ1n) is 20.2. The van der Waals surface area contributed by atoms with Crippen molar-refractivity contribution in [2.75, 3.05) is 6.54 Å². The number of rotatable bonds is 31. The molecule has 7 N–H and O–H groups in total. The van der Waals surface area contributed by atoms with Gasteiger partial charge in [-0.3, -0.25) is 4.79 Å². The van der Waals surface area contributed by atoms with Crippen LogP contribution in [0.3, 0.4) is 0 Å². The van der Waals surface area contributed by atoms with Gasteiger partial charge < -0.3 is 36.2 Å². The number of carbonyl (C=O) groups excluding carboxylic acids is 1. The van der Waals surface area contributed by atoms with Gasteiger partial charge in [0.25, 0.3) is 0 Å². The van der Waals surface area contributed by atoms with E-state index >= 15 is 0 Å². The minimum absolute atomic E-state index is 0.140. The molecular weight excluding hydrogens is 592 g/mol. The van der Waals surface area contributed by atoms with Gasteiger partial charge in [-0.15, -0.1) is 0 Å². The molecule has 1 rings (SSSR count). The molecule has 8 nitrogen and oxygen atoms in total. The van der Waals surface area contributed by atoms with Crippen LogP contribution < -0.4 is 10.6 Å². The average Bonchev–Trinajstić information content (AvgIpc) is 3.07. The van der Waals surface area contributed by atoms with E-state index in [9.17, 15) is 30.3 Å². The van der Waals surface area contributed by atoms with Gasteiger partial charge in [0.2, 0.25) is 5.91 Å². The Labute approximate surface area is 289 Å². The van der Waals surface area contributed by atoms with Crippen LogP contribution in [0.25, 0.3) is 0 Å². The van der Waals surface area contributed by atoms with Crippen molar-refractivity contribution < 1.29 is 30.3 Å². The molecule has 0 aromatic heterocycles. The molecular formula is C39H78N2O6. The van der Waals surface area contributed by atoms with Gasteiger partial charge in [-0.2, -0.15) is 0 Å². The molecule has 0 spiro atoms. The van der Waals surface area contributed by atoms with Gasteiger partial charge in [-0.1, -0.05) is 162 Å². The Bertz CT molecular complexity index is 728. The lowest BCUT2D eigenvalue weighted by Crippen LogP contribution is -2.61. The minimum Gasteiger partial charge on any atom is -0.390 e. The molecule has 1 aliphatic rings. The van der Waals surface area contributed by atoms with E-state index in [0.29, 0.717) is 19.3 Å². The van der Waals surface area contributed by atoms with E-state index in [4.69, 9.17) is 0 Å². The lowest BCUT2D eigenvalue weighted by atomic mass is 9.80.